The molecular formula is C28H47Cl2NO. The van der Waals surface area contributed by atoms with Crippen molar-refractivity contribution >= 4 is 34.8 Å². The number of hydrogen-bond donors (Lipinski definition) is 1. The quantitative estimate of drug-likeness (QED) is 0.173. The lowest BCUT2D eigenvalue weighted by Crippen LogP contribution is -2.11. The summed E-state index contributed by atoms with van der Waals surface area (Å²) in [5.41, 5.74) is 0.527. The van der Waals surface area contributed by atoms with Crippen LogP contribution in [0, 0.1) is 0 Å². The molecule has 0 fully saturated rings. The number of carbonyl (C=O) groups is 1. The van der Waals surface area contributed by atoms with Gasteiger partial charge >= 0.3 is 0 Å². The molecule has 0 heterocycles. The van der Waals surface area contributed by atoms with Crippen molar-refractivity contribution in [3.05, 3.63) is 28.2 Å². The smallest absolute Gasteiger partial charge is 0.224 e. The van der Waals surface area contributed by atoms with Crippen LogP contribution in [0.15, 0.2) is 18.2 Å². The summed E-state index contributed by atoms with van der Waals surface area (Å²) in [5, 5.41) is 3.80. The number of carbonyl (C=O) groups excluding carboxylic acids is 1. The molecule has 1 aromatic rings. The van der Waals surface area contributed by atoms with Gasteiger partial charge in [-0.1, -0.05) is 152 Å². The van der Waals surface area contributed by atoms with Crippen LogP contribution < -0.4 is 5.32 Å². The second-order valence-corrected chi connectivity index (χ2v) is 10.1. The number of halogens is 2. The molecule has 4 heteroatoms. The van der Waals surface area contributed by atoms with E-state index in [2.05, 4.69) is 12.2 Å². The summed E-state index contributed by atoms with van der Waals surface area (Å²) in [6, 6.07) is 5.25. The first-order valence-corrected chi connectivity index (χ1v) is 14.1. The van der Waals surface area contributed by atoms with E-state index in [9.17, 15) is 4.79 Å². The fraction of sp³-hybridized carbons (Fsp3) is 0.750. The van der Waals surface area contributed by atoms with Gasteiger partial charge in [-0.15, -0.1) is 0 Å². The van der Waals surface area contributed by atoms with Gasteiger partial charge in [-0.05, 0) is 18.6 Å². The largest absolute Gasteiger partial charge is 0.324 e. The molecule has 0 spiro atoms. The maximum atomic E-state index is 12.1. The second kappa shape index (κ2) is 20.8. The standard InChI is InChI=1S/C28H47Cl2NO/c1-2-3-4-5-6-7-8-9-10-11-12-13-14-15-16-17-18-19-20-24-27(32)31-28-25(29)22-21-23-26(28)30/h21-23H,2-20,24H2,1H3,(H,31,32). The topological polar surface area (TPSA) is 29.1 Å². The van der Waals surface area contributed by atoms with Crippen LogP contribution in [-0.4, -0.2) is 5.91 Å². The van der Waals surface area contributed by atoms with Gasteiger partial charge in [-0.25, -0.2) is 0 Å². The zero-order valence-electron chi connectivity index (χ0n) is 20.5. The van der Waals surface area contributed by atoms with Crippen LogP contribution in [0.25, 0.3) is 0 Å². The Morgan fingerprint density at radius 1 is 0.625 bits per heavy atom. The number of hydrogen-bond acceptors (Lipinski definition) is 1. The molecule has 0 atom stereocenters. The van der Waals surface area contributed by atoms with E-state index in [0.29, 0.717) is 22.2 Å². The molecule has 0 saturated heterocycles. The molecule has 0 aromatic heterocycles. The highest BCUT2D eigenvalue weighted by Crippen LogP contribution is 2.30. The van der Waals surface area contributed by atoms with Gasteiger partial charge in [0, 0.05) is 6.42 Å². The lowest BCUT2D eigenvalue weighted by molar-refractivity contribution is -0.116. The van der Waals surface area contributed by atoms with Crippen molar-refractivity contribution in [2.24, 2.45) is 0 Å². The summed E-state index contributed by atoms with van der Waals surface area (Å²) in [4.78, 5) is 12.1. The highest BCUT2D eigenvalue weighted by Gasteiger charge is 2.09. The first-order chi connectivity index (χ1) is 15.6. The van der Waals surface area contributed by atoms with Crippen molar-refractivity contribution in [1.82, 2.24) is 0 Å². The van der Waals surface area contributed by atoms with Crippen LogP contribution in [0.2, 0.25) is 10.0 Å². The SMILES string of the molecule is CCCCCCCCCCCCCCCCCCCCCC(=O)Nc1c(Cl)cccc1Cl. The summed E-state index contributed by atoms with van der Waals surface area (Å²) in [5.74, 6) is -0.00743. The predicted octanol–water partition coefficient (Wildman–Crippen LogP) is 10.8. The van der Waals surface area contributed by atoms with Gasteiger partial charge in [0.2, 0.25) is 5.91 Å². The number of amides is 1. The molecule has 1 aromatic carbocycles. The molecule has 0 saturated carbocycles. The van der Waals surface area contributed by atoms with Gasteiger partial charge in [0.25, 0.3) is 0 Å². The van der Waals surface area contributed by atoms with Gasteiger partial charge < -0.3 is 5.32 Å². The third-order valence-electron chi connectivity index (χ3n) is 6.23. The minimum atomic E-state index is -0.00743. The van der Waals surface area contributed by atoms with Gasteiger partial charge in [-0.2, -0.15) is 0 Å². The Morgan fingerprint density at radius 2 is 0.969 bits per heavy atom. The lowest BCUT2D eigenvalue weighted by Gasteiger charge is -2.09. The van der Waals surface area contributed by atoms with Crippen LogP contribution in [0.1, 0.15) is 135 Å². The van der Waals surface area contributed by atoms with Gasteiger partial charge in [-0.3, -0.25) is 4.79 Å². The molecule has 1 amide bonds. The van der Waals surface area contributed by atoms with E-state index in [1.807, 2.05) is 0 Å². The Morgan fingerprint density at radius 3 is 1.34 bits per heavy atom. The number of anilines is 1. The maximum absolute atomic E-state index is 12.1. The van der Waals surface area contributed by atoms with Crippen molar-refractivity contribution in [3.63, 3.8) is 0 Å². The molecule has 0 aliphatic rings. The van der Waals surface area contributed by atoms with Crippen LogP contribution in [-0.2, 0) is 4.79 Å². The van der Waals surface area contributed by atoms with Crippen LogP contribution in [0.3, 0.4) is 0 Å². The molecule has 0 radical (unpaired) electrons. The first kappa shape index (κ1) is 29.3. The molecular weight excluding hydrogens is 437 g/mol. The molecule has 0 aliphatic heterocycles. The zero-order valence-corrected chi connectivity index (χ0v) is 22.1. The third kappa shape index (κ3) is 16.0. The maximum Gasteiger partial charge on any atom is 0.224 e. The second-order valence-electron chi connectivity index (χ2n) is 9.26. The molecule has 1 rings (SSSR count). The summed E-state index contributed by atoms with van der Waals surface area (Å²) in [6.45, 7) is 2.28. The van der Waals surface area contributed by atoms with Crippen molar-refractivity contribution in [3.8, 4) is 0 Å². The molecule has 0 unspecified atom stereocenters. The van der Waals surface area contributed by atoms with Gasteiger partial charge in [0.15, 0.2) is 0 Å². The van der Waals surface area contributed by atoms with E-state index in [4.69, 9.17) is 23.2 Å². The Kier molecular flexibility index (Phi) is 19.1. The normalized spacial score (nSPS) is 11.1. The third-order valence-corrected chi connectivity index (χ3v) is 6.86. The fourth-order valence-electron chi connectivity index (χ4n) is 4.18. The summed E-state index contributed by atoms with van der Waals surface area (Å²) in [6.07, 6.45) is 26.3. The highest BCUT2D eigenvalue weighted by molar-refractivity contribution is 6.39. The Bertz CT molecular complexity index is 571. The average molecular weight is 485 g/mol. The predicted molar refractivity (Wildman–Crippen MR) is 143 cm³/mol. The highest BCUT2D eigenvalue weighted by atomic mass is 35.5. The van der Waals surface area contributed by atoms with Crippen molar-refractivity contribution in [1.29, 1.82) is 0 Å². The summed E-state index contributed by atoms with van der Waals surface area (Å²) >= 11 is 12.2. The Hall–Kier alpha value is -0.730. The molecule has 32 heavy (non-hydrogen) atoms. The van der Waals surface area contributed by atoms with Crippen LogP contribution >= 0.6 is 23.2 Å². The zero-order chi connectivity index (χ0) is 23.3. The van der Waals surface area contributed by atoms with Crippen molar-refractivity contribution < 1.29 is 4.79 Å². The van der Waals surface area contributed by atoms with Crippen LogP contribution in [0.5, 0.6) is 0 Å². The minimum Gasteiger partial charge on any atom is -0.324 e. The number of nitrogens with one attached hydrogen (secondary N) is 1. The summed E-state index contributed by atoms with van der Waals surface area (Å²) < 4.78 is 0. The van der Waals surface area contributed by atoms with E-state index >= 15 is 0 Å². The van der Waals surface area contributed by atoms with E-state index in [1.54, 1.807) is 18.2 Å². The monoisotopic (exact) mass is 483 g/mol. The van der Waals surface area contributed by atoms with Crippen molar-refractivity contribution in [2.75, 3.05) is 5.32 Å². The van der Waals surface area contributed by atoms with Crippen LogP contribution in [0.4, 0.5) is 5.69 Å². The summed E-state index contributed by atoms with van der Waals surface area (Å²) in [7, 11) is 0. The van der Waals surface area contributed by atoms with E-state index in [1.165, 1.54) is 109 Å². The molecule has 184 valence electrons. The lowest BCUT2D eigenvalue weighted by atomic mass is 10.0. The Balaban J connectivity index is 1.80. The first-order valence-electron chi connectivity index (χ1n) is 13.4. The number of unbranched alkanes of at least 4 members (excludes halogenated alkanes) is 18. The number of rotatable bonds is 21. The molecule has 2 nitrogen and oxygen atoms in total. The number of para-hydroxylation sites is 1. The van der Waals surface area contributed by atoms with Gasteiger partial charge in [0.05, 0.1) is 15.7 Å². The fourth-order valence-corrected chi connectivity index (χ4v) is 4.68. The van der Waals surface area contributed by atoms with Gasteiger partial charge in [0.1, 0.15) is 0 Å². The van der Waals surface area contributed by atoms with E-state index in [-0.39, 0.29) is 5.91 Å². The molecule has 1 N–H and O–H groups in total. The van der Waals surface area contributed by atoms with Crippen molar-refractivity contribution in [2.45, 2.75) is 135 Å². The average Bonchev–Trinajstić information content (AvgIpc) is 2.78. The molecule has 0 aliphatic carbocycles. The molecule has 0 bridgehead atoms. The Labute approximate surface area is 208 Å². The number of benzene rings is 1. The van der Waals surface area contributed by atoms with E-state index in [0.717, 1.165) is 12.8 Å². The van der Waals surface area contributed by atoms with E-state index < -0.39 is 0 Å². The minimum absolute atomic E-state index is 0.00743.